The molecule has 2 nitrogen and oxygen atoms in total. The minimum atomic E-state index is -4.80. The highest BCUT2D eigenvalue weighted by Crippen LogP contribution is 2.35. The number of hydrogen-bond donors (Lipinski definition) is 1. The highest BCUT2D eigenvalue weighted by molar-refractivity contribution is 5.37. The van der Waals surface area contributed by atoms with Gasteiger partial charge in [-0.15, -0.1) is 0 Å². The second-order valence-corrected chi connectivity index (χ2v) is 2.80. The number of halogens is 4. The number of aliphatic hydroxyl groups excluding tert-OH is 1. The zero-order valence-electron chi connectivity index (χ0n) is 7.73. The second-order valence-electron chi connectivity index (χ2n) is 2.80. The van der Waals surface area contributed by atoms with Gasteiger partial charge in [0, 0.05) is 5.56 Å². The summed E-state index contributed by atoms with van der Waals surface area (Å²) in [6, 6.07) is 1.57. The van der Waals surface area contributed by atoms with Gasteiger partial charge >= 0.3 is 6.18 Å². The van der Waals surface area contributed by atoms with E-state index in [1.807, 2.05) is 0 Å². The summed E-state index contributed by atoms with van der Waals surface area (Å²) in [6.45, 7) is -0.813. The third-order valence-electron chi connectivity index (χ3n) is 1.83. The minimum Gasteiger partial charge on any atom is -0.497 e. The van der Waals surface area contributed by atoms with Crippen LogP contribution in [0.15, 0.2) is 12.1 Å². The summed E-state index contributed by atoms with van der Waals surface area (Å²) in [6.07, 6.45) is -4.80. The summed E-state index contributed by atoms with van der Waals surface area (Å²) in [5.74, 6) is -1.61. The monoisotopic (exact) mass is 224 g/mol. The lowest BCUT2D eigenvalue weighted by Crippen LogP contribution is -2.10. The summed E-state index contributed by atoms with van der Waals surface area (Å²) in [5, 5.41) is 8.67. The van der Waals surface area contributed by atoms with Crippen LogP contribution < -0.4 is 4.74 Å². The number of aliphatic hydroxyl groups is 1. The quantitative estimate of drug-likeness (QED) is 0.781. The van der Waals surface area contributed by atoms with Gasteiger partial charge in [-0.3, -0.25) is 0 Å². The van der Waals surface area contributed by atoms with Crippen molar-refractivity contribution in [3.63, 3.8) is 0 Å². The second kappa shape index (κ2) is 4.06. The van der Waals surface area contributed by atoms with Crippen molar-refractivity contribution in [2.75, 3.05) is 7.11 Å². The van der Waals surface area contributed by atoms with E-state index in [4.69, 9.17) is 5.11 Å². The van der Waals surface area contributed by atoms with E-state index in [-0.39, 0.29) is 5.75 Å². The molecule has 15 heavy (non-hydrogen) atoms. The van der Waals surface area contributed by atoms with E-state index in [0.29, 0.717) is 6.07 Å². The smallest absolute Gasteiger partial charge is 0.419 e. The molecule has 0 aliphatic rings. The third kappa shape index (κ3) is 2.38. The van der Waals surface area contributed by atoms with Crippen LogP contribution in [-0.2, 0) is 12.8 Å². The molecule has 0 saturated carbocycles. The number of benzene rings is 1. The van der Waals surface area contributed by atoms with Gasteiger partial charge in [0.1, 0.15) is 11.6 Å². The van der Waals surface area contributed by atoms with Crippen molar-refractivity contribution >= 4 is 0 Å². The molecule has 0 amide bonds. The van der Waals surface area contributed by atoms with E-state index in [9.17, 15) is 17.6 Å². The van der Waals surface area contributed by atoms with Gasteiger partial charge in [0.15, 0.2) is 0 Å². The molecule has 0 heterocycles. The Bertz CT molecular complexity index is 360. The van der Waals surface area contributed by atoms with Gasteiger partial charge in [-0.1, -0.05) is 0 Å². The minimum absolute atomic E-state index is 0.146. The van der Waals surface area contributed by atoms with Crippen molar-refractivity contribution < 1.29 is 27.4 Å². The predicted molar refractivity (Wildman–Crippen MR) is 43.9 cm³/mol. The fourth-order valence-corrected chi connectivity index (χ4v) is 1.09. The fraction of sp³-hybridized carbons (Fsp3) is 0.333. The van der Waals surface area contributed by atoms with E-state index in [1.165, 1.54) is 0 Å². The molecule has 0 saturated heterocycles. The average Bonchev–Trinajstić information content (AvgIpc) is 2.16. The molecule has 0 bridgehead atoms. The standard InChI is InChI=1S/C9H8F4O2/c1-15-6-2-5(4-14)8(10)7(3-6)9(11,12)13/h2-3,14H,4H2,1H3. The molecular weight excluding hydrogens is 216 g/mol. The maximum absolute atomic E-state index is 13.1. The van der Waals surface area contributed by atoms with Crippen LogP contribution in [0.25, 0.3) is 0 Å². The van der Waals surface area contributed by atoms with Crippen LogP contribution in [0.2, 0.25) is 0 Å². The molecule has 0 spiro atoms. The van der Waals surface area contributed by atoms with E-state index < -0.39 is 29.7 Å². The molecule has 1 rings (SSSR count). The van der Waals surface area contributed by atoms with Crippen LogP contribution >= 0.6 is 0 Å². The molecule has 0 unspecified atom stereocenters. The van der Waals surface area contributed by atoms with Gasteiger partial charge in [-0.2, -0.15) is 13.2 Å². The number of methoxy groups -OCH3 is 1. The molecule has 0 radical (unpaired) electrons. The summed E-state index contributed by atoms with van der Waals surface area (Å²) < 4.78 is 54.6. The van der Waals surface area contributed by atoms with Gasteiger partial charge in [0.05, 0.1) is 19.3 Å². The molecule has 0 aliphatic carbocycles. The van der Waals surface area contributed by atoms with Gasteiger partial charge in [0.25, 0.3) is 0 Å². The Morgan fingerprint density at radius 2 is 1.93 bits per heavy atom. The van der Waals surface area contributed by atoms with Crippen molar-refractivity contribution in [2.24, 2.45) is 0 Å². The maximum atomic E-state index is 13.1. The van der Waals surface area contributed by atoms with Crippen LogP contribution in [0.1, 0.15) is 11.1 Å². The summed E-state index contributed by atoms with van der Waals surface area (Å²) >= 11 is 0. The zero-order chi connectivity index (χ0) is 11.6. The lowest BCUT2D eigenvalue weighted by atomic mass is 10.1. The van der Waals surface area contributed by atoms with Crippen LogP contribution in [0.5, 0.6) is 5.75 Å². The highest BCUT2D eigenvalue weighted by Gasteiger charge is 2.35. The first-order valence-corrected chi connectivity index (χ1v) is 3.94. The van der Waals surface area contributed by atoms with Gasteiger partial charge in [-0.05, 0) is 12.1 Å². The lowest BCUT2D eigenvalue weighted by Gasteiger charge is -2.12. The molecule has 0 aliphatic heterocycles. The van der Waals surface area contributed by atoms with Crippen LogP contribution in [0.4, 0.5) is 17.6 Å². The average molecular weight is 224 g/mol. The van der Waals surface area contributed by atoms with E-state index in [2.05, 4.69) is 4.74 Å². The molecular formula is C9H8F4O2. The SMILES string of the molecule is COc1cc(CO)c(F)c(C(F)(F)F)c1. The first kappa shape index (κ1) is 11.8. The molecule has 1 N–H and O–H groups in total. The number of alkyl halides is 3. The Kier molecular flexibility index (Phi) is 3.18. The Morgan fingerprint density at radius 3 is 2.33 bits per heavy atom. The molecule has 1 aromatic rings. The van der Waals surface area contributed by atoms with Crippen molar-refractivity contribution in [2.45, 2.75) is 12.8 Å². The number of hydrogen-bond acceptors (Lipinski definition) is 2. The van der Waals surface area contributed by atoms with Crippen molar-refractivity contribution in [1.82, 2.24) is 0 Å². The summed E-state index contributed by atoms with van der Waals surface area (Å²) in [4.78, 5) is 0. The highest BCUT2D eigenvalue weighted by atomic mass is 19.4. The maximum Gasteiger partial charge on any atom is 0.419 e. The molecule has 0 aromatic heterocycles. The lowest BCUT2D eigenvalue weighted by molar-refractivity contribution is -0.140. The molecule has 0 atom stereocenters. The van der Waals surface area contributed by atoms with Crippen molar-refractivity contribution in [3.05, 3.63) is 29.1 Å². The number of ether oxygens (including phenoxy) is 1. The molecule has 1 aromatic carbocycles. The number of rotatable bonds is 2. The Balaban J connectivity index is 3.37. The molecule has 84 valence electrons. The Hall–Kier alpha value is -1.30. The van der Waals surface area contributed by atoms with E-state index in [1.54, 1.807) is 0 Å². The summed E-state index contributed by atoms with van der Waals surface area (Å²) in [5.41, 5.74) is -1.88. The normalized spacial score (nSPS) is 11.6. The third-order valence-corrected chi connectivity index (χ3v) is 1.83. The predicted octanol–water partition coefficient (Wildman–Crippen LogP) is 2.35. The van der Waals surface area contributed by atoms with Gasteiger partial charge in [0.2, 0.25) is 0 Å². The van der Waals surface area contributed by atoms with Crippen LogP contribution in [0, 0.1) is 5.82 Å². The largest absolute Gasteiger partial charge is 0.497 e. The Labute approximate surface area is 83.1 Å². The molecule has 6 heteroatoms. The molecule has 0 fully saturated rings. The summed E-state index contributed by atoms with van der Waals surface area (Å²) in [7, 11) is 1.16. The fourth-order valence-electron chi connectivity index (χ4n) is 1.09. The Morgan fingerprint density at radius 1 is 1.33 bits per heavy atom. The van der Waals surface area contributed by atoms with Crippen molar-refractivity contribution in [1.29, 1.82) is 0 Å². The van der Waals surface area contributed by atoms with Crippen LogP contribution in [-0.4, -0.2) is 12.2 Å². The van der Waals surface area contributed by atoms with Crippen LogP contribution in [0.3, 0.4) is 0 Å². The van der Waals surface area contributed by atoms with Crippen molar-refractivity contribution in [3.8, 4) is 5.75 Å². The van der Waals surface area contributed by atoms with Gasteiger partial charge in [-0.25, -0.2) is 4.39 Å². The zero-order valence-corrected chi connectivity index (χ0v) is 7.73. The first-order chi connectivity index (χ1) is 6.90. The van der Waals surface area contributed by atoms with E-state index in [0.717, 1.165) is 13.2 Å². The topological polar surface area (TPSA) is 29.5 Å². The van der Waals surface area contributed by atoms with E-state index >= 15 is 0 Å². The van der Waals surface area contributed by atoms with Gasteiger partial charge < -0.3 is 9.84 Å². The first-order valence-electron chi connectivity index (χ1n) is 3.94.